The molecule has 3 heterocycles. The number of anilines is 1. The van der Waals surface area contributed by atoms with E-state index >= 15 is 0 Å². The Morgan fingerprint density at radius 2 is 1.89 bits per heavy atom. The van der Waals surface area contributed by atoms with E-state index in [0.717, 1.165) is 16.6 Å². The zero-order chi connectivity index (χ0) is 19.3. The molecule has 0 aliphatic heterocycles. The lowest BCUT2D eigenvalue weighted by Gasteiger charge is -2.09. The average Bonchev–Trinajstić information content (AvgIpc) is 3.32. The Kier molecular flexibility index (Phi) is 5.01. The molecule has 4 aromatic rings. The van der Waals surface area contributed by atoms with Crippen LogP contribution in [0.1, 0.15) is 5.69 Å². The van der Waals surface area contributed by atoms with Crippen LogP contribution >= 0.6 is 0 Å². The van der Waals surface area contributed by atoms with Gasteiger partial charge in [0.25, 0.3) is 0 Å². The molecule has 0 aliphatic rings. The Labute approximate surface area is 162 Å². The number of nitrogens with one attached hydrogen (secondary N) is 2. The van der Waals surface area contributed by atoms with Crippen LogP contribution in [-0.4, -0.2) is 43.5 Å². The molecule has 8 nitrogen and oxygen atoms in total. The van der Waals surface area contributed by atoms with Gasteiger partial charge in [0.2, 0.25) is 5.91 Å². The maximum Gasteiger partial charge on any atom is 0.240 e. The zero-order valence-corrected chi connectivity index (χ0v) is 15.5. The highest BCUT2D eigenvalue weighted by Crippen LogP contribution is 2.14. The molecule has 2 N–H and O–H groups in total. The molecule has 0 spiro atoms. The predicted octanol–water partition coefficient (Wildman–Crippen LogP) is 2.15. The van der Waals surface area contributed by atoms with Gasteiger partial charge in [0.1, 0.15) is 12.4 Å². The maximum atomic E-state index is 12.2. The van der Waals surface area contributed by atoms with Crippen LogP contribution in [0.3, 0.4) is 0 Å². The summed E-state index contributed by atoms with van der Waals surface area (Å²) in [6, 6.07) is 15.6. The Morgan fingerprint density at radius 1 is 1.00 bits per heavy atom. The fourth-order valence-electron chi connectivity index (χ4n) is 2.97. The Balaban J connectivity index is 1.23. The molecule has 0 bridgehead atoms. The second kappa shape index (κ2) is 7.91. The third-order valence-corrected chi connectivity index (χ3v) is 4.36. The smallest absolute Gasteiger partial charge is 0.240 e. The Morgan fingerprint density at radius 3 is 2.68 bits per heavy atom. The summed E-state index contributed by atoms with van der Waals surface area (Å²) in [5, 5.41) is 19.8. The van der Waals surface area contributed by atoms with Gasteiger partial charge in [-0.15, -0.1) is 10.2 Å². The van der Waals surface area contributed by atoms with Crippen molar-refractivity contribution in [3.63, 3.8) is 0 Å². The molecule has 4 rings (SSSR count). The van der Waals surface area contributed by atoms with Gasteiger partial charge < -0.3 is 15.2 Å². The van der Waals surface area contributed by atoms with Crippen molar-refractivity contribution in [3.05, 3.63) is 66.6 Å². The number of hydrogen-bond acceptors (Lipinski definition) is 5. The third-order valence-electron chi connectivity index (χ3n) is 4.36. The Bertz CT molecular complexity index is 1080. The van der Waals surface area contributed by atoms with Crippen molar-refractivity contribution in [2.45, 2.75) is 13.5 Å². The first kappa shape index (κ1) is 17.7. The molecule has 1 amide bonds. The van der Waals surface area contributed by atoms with Crippen molar-refractivity contribution in [1.29, 1.82) is 0 Å². The summed E-state index contributed by atoms with van der Waals surface area (Å²) in [4.78, 5) is 12.2. The van der Waals surface area contributed by atoms with Gasteiger partial charge in [0.15, 0.2) is 5.82 Å². The number of amides is 1. The highest BCUT2D eigenvalue weighted by atomic mass is 16.1. The fourth-order valence-corrected chi connectivity index (χ4v) is 2.97. The van der Waals surface area contributed by atoms with E-state index in [-0.39, 0.29) is 5.91 Å². The van der Waals surface area contributed by atoms with Gasteiger partial charge in [-0.25, -0.2) is 4.68 Å². The molecular weight excluding hydrogens is 354 g/mol. The minimum Gasteiger partial charge on any atom is -0.367 e. The van der Waals surface area contributed by atoms with E-state index < -0.39 is 0 Å². The van der Waals surface area contributed by atoms with Gasteiger partial charge in [0.05, 0.1) is 5.69 Å². The monoisotopic (exact) mass is 375 g/mol. The molecule has 0 unspecified atom stereocenters. The van der Waals surface area contributed by atoms with Crippen LogP contribution in [0.25, 0.3) is 16.7 Å². The van der Waals surface area contributed by atoms with Crippen molar-refractivity contribution < 1.29 is 4.79 Å². The summed E-state index contributed by atoms with van der Waals surface area (Å²) >= 11 is 0. The number of carbonyl (C=O) groups excluding carboxylic acids is 1. The summed E-state index contributed by atoms with van der Waals surface area (Å²) in [5.41, 5.74) is 1.98. The van der Waals surface area contributed by atoms with Crippen LogP contribution in [0.15, 0.2) is 60.9 Å². The van der Waals surface area contributed by atoms with Gasteiger partial charge in [-0.1, -0.05) is 18.2 Å². The van der Waals surface area contributed by atoms with Crippen molar-refractivity contribution in [3.8, 4) is 5.82 Å². The average molecular weight is 375 g/mol. The van der Waals surface area contributed by atoms with E-state index in [1.807, 2.05) is 72.4 Å². The molecular formula is C20H21N7O. The van der Waals surface area contributed by atoms with Gasteiger partial charge in [0, 0.05) is 31.0 Å². The van der Waals surface area contributed by atoms with Crippen LogP contribution in [0, 0.1) is 6.92 Å². The maximum absolute atomic E-state index is 12.2. The standard InChI is InChI=1S/C20H21N7O/c1-15-8-13-27(25-15)19-7-6-18(23-24-19)21-10-11-22-20(28)14-26-12-9-16-4-2-3-5-17(16)26/h2-9,12-13H,10-11,14H2,1H3,(H,21,23)(H,22,28). The fraction of sp³-hybridized carbons (Fsp3) is 0.200. The van der Waals surface area contributed by atoms with Gasteiger partial charge >= 0.3 is 0 Å². The minimum absolute atomic E-state index is 0.0290. The van der Waals surface area contributed by atoms with Gasteiger partial charge in [-0.3, -0.25) is 4.79 Å². The molecule has 0 radical (unpaired) electrons. The first-order chi connectivity index (χ1) is 13.7. The number of fused-ring (bicyclic) bond motifs is 1. The number of nitrogens with zero attached hydrogens (tertiary/aromatic N) is 5. The second-order valence-corrected chi connectivity index (χ2v) is 6.46. The molecule has 1 aromatic carbocycles. The van der Waals surface area contributed by atoms with E-state index in [0.29, 0.717) is 31.3 Å². The number of benzene rings is 1. The van der Waals surface area contributed by atoms with Crippen LogP contribution in [0.4, 0.5) is 5.82 Å². The zero-order valence-electron chi connectivity index (χ0n) is 15.5. The van der Waals surface area contributed by atoms with E-state index in [2.05, 4.69) is 25.9 Å². The molecule has 0 fully saturated rings. The lowest BCUT2D eigenvalue weighted by atomic mass is 10.2. The number of para-hydroxylation sites is 1. The molecule has 3 aromatic heterocycles. The predicted molar refractivity (Wildman–Crippen MR) is 107 cm³/mol. The summed E-state index contributed by atoms with van der Waals surface area (Å²) in [6.45, 7) is 3.28. The van der Waals surface area contributed by atoms with Crippen molar-refractivity contribution in [2.75, 3.05) is 18.4 Å². The molecule has 0 aliphatic carbocycles. The first-order valence-corrected chi connectivity index (χ1v) is 9.10. The van der Waals surface area contributed by atoms with E-state index in [4.69, 9.17) is 0 Å². The summed E-state index contributed by atoms with van der Waals surface area (Å²) in [6.07, 6.45) is 3.77. The van der Waals surface area contributed by atoms with Crippen LogP contribution in [0.2, 0.25) is 0 Å². The minimum atomic E-state index is -0.0290. The van der Waals surface area contributed by atoms with E-state index in [1.165, 1.54) is 0 Å². The van der Waals surface area contributed by atoms with Crippen molar-refractivity contribution in [1.82, 2.24) is 29.9 Å². The van der Waals surface area contributed by atoms with Crippen LogP contribution < -0.4 is 10.6 Å². The number of rotatable bonds is 7. The van der Waals surface area contributed by atoms with Crippen molar-refractivity contribution in [2.24, 2.45) is 0 Å². The van der Waals surface area contributed by atoms with Crippen molar-refractivity contribution >= 4 is 22.6 Å². The molecule has 0 saturated heterocycles. The Hall–Kier alpha value is -3.68. The third kappa shape index (κ3) is 4.01. The lowest BCUT2D eigenvalue weighted by molar-refractivity contribution is -0.121. The highest BCUT2D eigenvalue weighted by molar-refractivity contribution is 5.83. The van der Waals surface area contributed by atoms with Gasteiger partial charge in [-0.05, 0) is 42.6 Å². The molecule has 0 saturated carbocycles. The number of carbonyl (C=O) groups is 1. The molecule has 142 valence electrons. The van der Waals surface area contributed by atoms with Crippen LogP contribution in [0.5, 0.6) is 0 Å². The molecule has 0 atom stereocenters. The summed E-state index contributed by atoms with van der Waals surface area (Å²) < 4.78 is 3.62. The number of aromatic nitrogens is 5. The quantitative estimate of drug-likeness (QED) is 0.483. The molecule has 28 heavy (non-hydrogen) atoms. The van der Waals surface area contributed by atoms with Crippen LogP contribution in [-0.2, 0) is 11.3 Å². The number of aryl methyl sites for hydroxylation is 1. The number of hydrogen-bond donors (Lipinski definition) is 2. The van der Waals surface area contributed by atoms with E-state index in [1.54, 1.807) is 4.68 Å². The summed E-state index contributed by atoms with van der Waals surface area (Å²) in [5.74, 6) is 1.28. The second-order valence-electron chi connectivity index (χ2n) is 6.46. The SMILES string of the molecule is Cc1ccn(-c2ccc(NCCNC(=O)Cn3ccc4ccccc43)nn2)n1. The largest absolute Gasteiger partial charge is 0.367 e. The normalized spacial score (nSPS) is 10.9. The highest BCUT2D eigenvalue weighted by Gasteiger charge is 2.06. The summed E-state index contributed by atoms with van der Waals surface area (Å²) in [7, 11) is 0. The lowest BCUT2D eigenvalue weighted by Crippen LogP contribution is -2.31. The molecule has 8 heteroatoms. The topological polar surface area (TPSA) is 89.7 Å². The van der Waals surface area contributed by atoms with Gasteiger partial charge in [-0.2, -0.15) is 5.10 Å². The van der Waals surface area contributed by atoms with E-state index in [9.17, 15) is 4.79 Å². The first-order valence-electron chi connectivity index (χ1n) is 9.10.